The molecular weight excluding hydrogens is 272 g/mol. The average Bonchev–Trinajstić information content (AvgIpc) is 2.58. The Morgan fingerprint density at radius 2 is 1.82 bits per heavy atom. The van der Waals surface area contributed by atoms with Crippen molar-refractivity contribution in [3.63, 3.8) is 0 Å². The number of benzene rings is 2. The highest BCUT2D eigenvalue weighted by Crippen LogP contribution is 2.08. The topological polar surface area (TPSA) is 55.1 Å². The van der Waals surface area contributed by atoms with Crippen LogP contribution in [-0.2, 0) is 19.5 Å². The summed E-state index contributed by atoms with van der Waals surface area (Å²) in [5.41, 5.74) is 9.58. The van der Waals surface area contributed by atoms with Gasteiger partial charge in [0.1, 0.15) is 0 Å². The zero-order valence-corrected chi connectivity index (χ0v) is 12.9. The van der Waals surface area contributed by atoms with Crippen molar-refractivity contribution in [1.82, 2.24) is 5.32 Å². The lowest BCUT2D eigenvalue weighted by Gasteiger charge is -2.08. The fourth-order valence-electron chi connectivity index (χ4n) is 2.24. The largest absolute Gasteiger partial charge is 0.348 e. The van der Waals surface area contributed by atoms with Crippen LogP contribution in [0.2, 0.25) is 0 Å². The van der Waals surface area contributed by atoms with E-state index in [1.165, 1.54) is 0 Å². The number of hydrogen-bond acceptors (Lipinski definition) is 2. The molecule has 2 aromatic carbocycles. The van der Waals surface area contributed by atoms with Gasteiger partial charge in [-0.25, -0.2) is 0 Å². The average molecular weight is 294 g/mol. The van der Waals surface area contributed by atoms with Crippen molar-refractivity contribution in [3.05, 3.63) is 82.9 Å². The Kier molecular flexibility index (Phi) is 5.92. The quantitative estimate of drug-likeness (QED) is 0.804. The molecule has 0 aliphatic heterocycles. The van der Waals surface area contributed by atoms with Crippen LogP contribution in [0.25, 0.3) is 0 Å². The molecule has 3 N–H and O–H groups in total. The zero-order valence-electron chi connectivity index (χ0n) is 12.9. The van der Waals surface area contributed by atoms with Gasteiger partial charge in [-0.2, -0.15) is 0 Å². The molecule has 0 atom stereocenters. The Morgan fingerprint density at radius 3 is 2.59 bits per heavy atom. The van der Waals surface area contributed by atoms with Crippen LogP contribution >= 0.6 is 0 Å². The minimum Gasteiger partial charge on any atom is -0.348 e. The van der Waals surface area contributed by atoms with Crippen LogP contribution in [-0.4, -0.2) is 5.91 Å². The minimum absolute atomic E-state index is 0.0551. The lowest BCUT2D eigenvalue weighted by atomic mass is 10.1. The molecule has 1 amide bonds. The van der Waals surface area contributed by atoms with Crippen LogP contribution in [0.5, 0.6) is 0 Å². The Bertz CT molecular complexity index is 662. The standard InChI is InChI=1S/C19H22N2O/c1-2-3-6-15-7-5-10-18(12-15)19(22)21-14-17-9-4-8-16(11-17)13-20/h2-5,7-12H,6,13-14,20H2,1H3,(H,21,22)/b3-2-. The molecule has 114 valence electrons. The van der Waals surface area contributed by atoms with Crippen LogP contribution in [0.15, 0.2) is 60.7 Å². The van der Waals surface area contributed by atoms with E-state index in [4.69, 9.17) is 5.73 Å². The summed E-state index contributed by atoms with van der Waals surface area (Å²) in [5.74, 6) is -0.0551. The first kappa shape index (κ1) is 16.0. The number of carbonyl (C=O) groups is 1. The van der Waals surface area contributed by atoms with Crippen molar-refractivity contribution in [1.29, 1.82) is 0 Å². The van der Waals surface area contributed by atoms with Gasteiger partial charge in [-0.1, -0.05) is 48.6 Å². The predicted molar refractivity (Wildman–Crippen MR) is 90.5 cm³/mol. The summed E-state index contributed by atoms with van der Waals surface area (Å²) in [6, 6.07) is 15.7. The molecule has 0 heterocycles. The maximum atomic E-state index is 12.2. The molecule has 0 unspecified atom stereocenters. The fraction of sp³-hybridized carbons (Fsp3) is 0.211. The van der Waals surface area contributed by atoms with E-state index in [1.807, 2.05) is 61.5 Å². The third-order valence-electron chi connectivity index (χ3n) is 3.46. The van der Waals surface area contributed by atoms with Crippen molar-refractivity contribution >= 4 is 5.91 Å². The summed E-state index contributed by atoms with van der Waals surface area (Å²) < 4.78 is 0. The number of carbonyl (C=O) groups excluding carboxylic acids is 1. The van der Waals surface area contributed by atoms with Gasteiger partial charge in [-0.15, -0.1) is 0 Å². The summed E-state index contributed by atoms with van der Waals surface area (Å²) in [5, 5.41) is 2.95. The van der Waals surface area contributed by atoms with E-state index < -0.39 is 0 Å². The van der Waals surface area contributed by atoms with E-state index >= 15 is 0 Å². The number of nitrogens with one attached hydrogen (secondary N) is 1. The second kappa shape index (κ2) is 8.15. The maximum absolute atomic E-state index is 12.2. The molecule has 0 saturated heterocycles. The Morgan fingerprint density at radius 1 is 1.09 bits per heavy atom. The summed E-state index contributed by atoms with van der Waals surface area (Å²) in [7, 11) is 0. The van der Waals surface area contributed by atoms with E-state index in [0.29, 0.717) is 18.7 Å². The number of hydrogen-bond donors (Lipinski definition) is 2. The molecule has 0 aliphatic rings. The first-order chi connectivity index (χ1) is 10.7. The van der Waals surface area contributed by atoms with Crippen LogP contribution in [0.1, 0.15) is 34.0 Å². The molecule has 0 aromatic heterocycles. The van der Waals surface area contributed by atoms with Gasteiger partial charge in [0.25, 0.3) is 5.91 Å². The highest BCUT2D eigenvalue weighted by atomic mass is 16.1. The van der Waals surface area contributed by atoms with Gasteiger partial charge in [0.15, 0.2) is 0 Å². The maximum Gasteiger partial charge on any atom is 0.251 e. The van der Waals surface area contributed by atoms with Crippen LogP contribution in [0.3, 0.4) is 0 Å². The van der Waals surface area contributed by atoms with Gasteiger partial charge < -0.3 is 11.1 Å². The van der Waals surface area contributed by atoms with Gasteiger partial charge >= 0.3 is 0 Å². The third kappa shape index (κ3) is 4.57. The van der Waals surface area contributed by atoms with E-state index in [9.17, 15) is 4.79 Å². The first-order valence-electron chi connectivity index (χ1n) is 7.49. The lowest BCUT2D eigenvalue weighted by molar-refractivity contribution is 0.0951. The predicted octanol–water partition coefficient (Wildman–Crippen LogP) is 3.19. The minimum atomic E-state index is -0.0551. The Labute approximate surface area is 131 Å². The highest BCUT2D eigenvalue weighted by molar-refractivity contribution is 5.94. The van der Waals surface area contributed by atoms with Crippen molar-refractivity contribution in [2.24, 2.45) is 5.73 Å². The van der Waals surface area contributed by atoms with E-state index in [1.54, 1.807) is 0 Å². The van der Waals surface area contributed by atoms with Crippen LogP contribution < -0.4 is 11.1 Å². The SMILES string of the molecule is C/C=C\Cc1cccc(C(=O)NCc2cccc(CN)c2)c1. The summed E-state index contributed by atoms with van der Waals surface area (Å²) >= 11 is 0. The van der Waals surface area contributed by atoms with Crippen LogP contribution in [0, 0.1) is 0 Å². The second-order valence-corrected chi connectivity index (χ2v) is 5.18. The van der Waals surface area contributed by atoms with Gasteiger partial charge in [0.2, 0.25) is 0 Å². The normalized spacial score (nSPS) is 10.8. The Balaban J connectivity index is 1.99. The molecule has 3 heteroatoms. The summed E-state index contributed by atoms with van der Waals surface area (Å²) in [6.45, 7) is 3.01. The Hall–Kier alpha value is -2.39. The van der Waals surface area contributed by atoms with E-state index in [2.05, 4.69) is 11.4 Å². The first-order valence-corrected chi connectivity index (χ1v) is 7.49. The molecule has 0 spiro atoms. The molecule has 0 radical (unpaired) electrons. The summed E-state index contributed by atoms with van der Waals surface area (Å²) in [4.78, 5) is 12.2. The zero-order chi connectivity index (χ0) is 15.8. The van der Waals surface area contributed by atoms with Crippen molar-refractivity contribution in [3.8, 4) is 0 Å². The molecule has 0 fully saturated rings. The third-order valence-corrected chi connectivity index (χ3v) is 3.46. The monoisotopic (exact) mass is 294 g/mol. The lowest BCUT2D eigenvalue weighted by Crippen LogP contribution is -2.23. The molecule has 22 heavy (non-hydrogen) atoms. The van der Waals surface area contributed by atoms with Crippen molar-refractivity contribution < 1.29 is 4.79 Å². The molecule has 0 bridgehead atoms. The van der Waals surface area contributed by atoms with E-state index in [0.717, 1.165) is 23.1 Å². The summed E-state index contributed by atoms with van der Waals surface area (Å²) in [6.07, 6.45) is 4.93. The van der Waals surface area contributed by atoms with Crippen molar-refractivity contribution in [2.75, 3.05) is 0 Å². The highest BCUT2D eigenvalue weighted by Gasteiger charge is 2.06. The van der Waals surface area contributed by atoms with Crippen LogP contribution in [0.4, 0.5) is 0 Å². The van der Waals surface area contributed by atoms with E-state index in [-0.39, 0.29) is 5.91 Å². The smallest absolute Gasteiger partial charge is 0.251 e. The molecule has 2 rings (SSSR count). The van der Waals surface area contributed by atoms with Gasteiger partial charge in [-0.3, -0.25) is 4.79 Å². The van der Waals surface area contributed by atoms with Gasteiger partial charge in [0, 0.05) is 18.7 Å². The second-order valence-electron chi connectivity index (χ2n) is 5.18. The van der Waals surface area contributed by atoms with Gasteiger partial charge in [-0.05, 0) is 42.2 Å². The van der Waals surface area contributed by atoms with Gasteiger partial charge in [0.05, 0.1) is 0 Å². The van der Waals surface area contributed by atoms with Crippen molar-refractivity contribution in [2.45, 2.75) is 26.4 Å². The number of rotatable bonds is 6. The molecule has 3 nitrogen and oxygen atoms in total. The molecular formula is C19H22N2O. The number of allylic oxidation sites excluding steroid dienone is 2. The molecule has 0 saturated carbocycles. The number of amides is 1. The molecule has 2 aromatic rings. The fourth-order valence-corrected chi connectivity index (χ4v) is 2.24. The molecule has 0 aliphatic carbocycles. The number of nitrogens with two attached hydrogens (primary N) is 1.